The second-order valence-corrected chi connectivity index (χ2v) is 2.83. The summed E-state index contributed by atoms with van der Waals surface area (Å²) in [5, 5.41) is 13.0. The molecule has 1 heterocycles. The minimum atomic E-state index is -0.938. The van der Waals surface area contributed by atoms with E-state index in [-0.39, 0.29) is 30.9 Å². The first-order chi connectivity index (χ1) is 4.29. The largest absolute Gasteiger partial charge is 1.00 e. The van der Waals surface area contributed by atoms with Crippen LogP contribution in [0.15, 0.2) is 0 Å². The van der Waals surface area contributed by atoms with Crippen LogP contribution in [0, 0.1) is 5.92 Å². The predicted molar refractivity (Wildman–Crippen MR) is 28.4 cm³/mol. The van der Waals surface area contributed by atoms with Crippen LogP contribution >= 0.6 is 0 Å². The molecule has 3 nitrogen and oxygen atoms in total. The number of rotatable bonds is 2. The SMILES string of the molecule is O=C([O-])[C@@H]1N[C@H]1C1CC1.[Li+]. The molecule has 50 valence electrons. The maximum atomic E-state index is 10.1. The van der Waals surface area contributed by atoms with Crippen molar-refractivity contribution in [2.24, 2.45) is 5.92 Å². The Hall–Kier alpha value is 0.0274. The van der Waals surface area contributed by atoms with E-state index in [0.717, 1.165) is 0 Å². The Balaban J connectivity index is 0.000000500. The van der Waals surface area contributed by atoms with Crippen LogP contribution in [0.3, 0.4) is 0 Å². The number of nitrogens with one attached hydrogen (secondary N) is 1. The quantitative estimate of drug-likeness (QED) is 0.305. The Morgan fingerprint density at radius 1 is 1.50 bits per heavy atom. The van der Waals surface area contributed by atoms with Crippen molar-refractivity contribution in [3.8, 4) is 0 Å². The van der Waals surface area contributed by atoms with Crippen LogP contribution in [0.25, 0.3) is 0 Å². The van der Waals surface area contributed by atoms with E-state index >= 15 is 0 Å². The number of aliphatic carboxylic acids is 1. The van der Waals surface area contributed by atoms with Crippen molar-refractivity contribution in [3.05, 3.63) is 0 Å². The van der Waals surface area contributed by atoms with Crippen LogP contribution in [0.2, 0.25) is 0 Å². The standard InChI is InChI=1S/C6H9NO2.Li/c8-6(9)5-4(7-5)3-1-2-3;/h3-5,7H,1-2H2,(H,8,9);/q;+1/p-1/t4-,5+;/m0./s1. The van der Waals surface area contributed by atoms with Crippen LogP contribution in [-0.2, 0) is 4.79 Å². The monoisotopic (exact) mass is 133 g/mol. The van der Waals surface area contributed by atoms with Crippen molar-refractivity contribution in [1.29, 1.82) is 0 Å². The van der Waals surface area contributed by atoms with E-state index in [0.29, 0.717) is 5.92 Å². The van der Waals surface area contributed by atoms with Crippen molar-refractivity contribution in [1.82, 2.24) is 5.32 Å². The van der Waals surface area contributed by atoms with Crippen molar-refractivity contribution in [3.63, 3.8) is 0 Å². The van der Waals surface area contributed by atoms with Gasteiger partial charge in [0.1, 0.15) is 0 Å². The summed E-state index contributed by atoms with van der Waals surface area (Å²) in [4.78, 5) is 10.1. The van der Waals surface area contributed by atoms with Gasteiger partial charge in [-0.05, 0) is 18.8 Å². The van der Waals surface area contributed by atoms with Gasteiger partial charge in [0.15, 0.2) is 0 Å². The minimum absolute atomic E-state index is 0. The number of hydrogen-bond acceptors (Lipinski definition) is 3. The van der Waals surface area contributed by atoms with E-state index in [1.807, 2.05) is 0 Å². The molecule has 1 saturated heterocycles. The molecule has 2 rings (SSSR count). The van der Waals surface area contributed by atoms with Gasteiger partial charge in [-0.25, -0.2) is 0 Å². The normalized spacial score (nSPS) is 36.4. The molecule has 1 aliphatic heterocycles. The first-order valence-electron chi connectivity index (χ1n) is 3.26. The third-order valence-electron chi connectivity index (χ3n) is 2.01. The number of carboxylic acids is 1. The van der Waals surface area contributed by atoms with E-state index in [1.165, 1.54) is 12.8 Å². The summed E-state index contributed by atoms with van der Waals surface area (Å²) < 4.78 is 0. The predicted octanol–water partition coefficient (Wildman–Crippen LogP) is -4.51. The second kappa shape index (κ2) is 2.58. The summed E-state index contributed by atoms with van der Waals surface area (Å²) in [5.74, 6) is -0.292. The number of carbonyl (C=O) groups excluding carboxylic acids is 1. The van der Waals surface area contributed by atoms with Gasteiger partial charge in [-0.15, -0.1) is 0 Å². The fourth-order valence-corrected chi connectivity index (χ4v) is 1.23. The third kappa shape index (κ3) is 1.37. The first-order valence-corrected chi connectivity index (χ1v) is 3.26. The number of hydrogen-bond donors (Lipinski definition) is 1. The zero-order valence-electron chi connectivity index (χ0n) is 5.96. The Labute approximate surface area is 71.4 Å². The van der Waals surface area contributed by atoms with Gasteiger partial charge in [0, 0.05) is 6.04 Å². The molecule has 0 aromatic heterocycles. The molecule has 10 heavy (non-hydrogen) atoms. The molecule has 0 amide bonds. The molecule has 0 unspecified atom stereocenters. The summed E-state index contributed by atoms with van der Waals surface area (Å²) >= 11 is 0. The molecule has 2 aliphatic rings. The minimum Gasteiger partial charge on any atom is -0.548 e. The van der Waals surface area contributed by atoms with Crippen molar-refractivity contribution in [2.45, 2.75) is 24.9 Å². The molecule has 2 atom stereocenters. The summed E-state index contributed by atoms with van der Waals surface area (Å²) in [6.45, 7) is 0. The Morgan fingerprint density at radius 2 is 2.10 bits per heavy atom. The summed E-state index contributed by atoms with van der Waals surface area (Å²) in [6.07, 6.45) is 2.39. The summed E-state index contributed by atoms with van der Waals surface area (Å²) in [7, 11) is 0. The van der Waals surface area contributed by atoms with Gasteiger partial charge < -0.3 is 15.2 Å². The van der Waals surface area contributed by atoms with Gasteiger partial charge in [0.05, 0.1) is 12.0 Å². The molecule has 2 fully saturated rings. The van der Waals surface area contributed by atoms with Crippen molar-refractivity contribution < 1.29 is 28.8 Å². The van der Waals surface area contributed by atoms with Crippen LogP contribution in [0.5, 0.6) is 0 Å². The van der Waals surface area contributed by atoms with E-state index in [1.54, 1.807) is 0 Å². The van der Waals surface area contributed by atoms with Crippen LogP contribution < -0.4 is 29.3 Å². The molecule has 1 N–H and O–H groups in total. The maximum absolute atomic E-state index is 10.1. The fourth-order valence-electron chi connectivity index (χ4n) is 1.23. The van der Waals surface area contributed by atoms with Gasteiger partial charge in [-0.1, -0.05) is 0 Å². The average molecular weight is 133 g/mol. The van der Waals surface area contributed by atoms with Gasteiger partial charge in [-0.2, -0.15) is 0 Å². The molecule has 0 radical (unpaired) electrons. The smallest absolute Gasteiger partial charge is 0.548 e. The molecular weight excluding hydrogens is 125 g/mol. The fraction of sp³-hybridized carbons (Fsp3) is 0.833. The van der Waals surface area contributed by atoms with E-state index in [9.17, 15) is 9.90 Å². The summed E-state index contributed by atoms with van der Waals surface area (Å²) in [5.41, 5.74) is 0. The second-order valence-electron chi connectivity index (χ2n) is 2.83. The number of carboxylic acid groups (broad SMARTS) is 1. The topological polar surface area (TPSA) is 62.1 Å². The maximum Gasteiger partial charge on any atom is 1.00 e. The van der Waals surface area contributed by atoms with E-state index in [4.69, 9.17) is 0 Å². The van der Waals surface area contributed by atoms with Gasteiger partial charge in [-0.3, -0.25) is 0 Å². The molecule has 4 heteroatoms. The summed E-state index contributed by atoms with van der Waals surface area (Å²) in [6, 6.07) is -0.0625. The van der Waals surface area contributed by atoms with Crippen LogP contribution in [-0.4, -0.2) is 18.1 Å². The van der Waals surface area contributed by atoms with Gasteiger partial charge in [0.25, 0.3) is 0 Å². The Bertz CT molecular complexity index is 158. The van der Waals surface area contributed by atoms with E-state index in [2.05, 4.69) is 5.32 Å². The average Bonchev–Trinajstić information content (AvgIpc) is 2.60. The van der Waals surface area contributed by atoms with Gasteiger partial charge >= 0.3 is 18.9 Å². The van der Waals surface area contributed by atoms with Gasteiger partial charge in [0.2, 0.25) is 0 Å². The molecule has 0 bridgehead atoms. The third-order valence-corrected chi connectivity index (χ3v) is 2.01. The Morgan fingerprint density at radius 3 is 2.40 bits per heavy atom. The van der Waals surface area contributed by atoms with Crippen LogP contribution in [0.1, 0.15) is 12.8 Å². The van der Waals surface area contributed by atoms with Crippen LogP contribution in [0.4, 0.5) is 0 Å². The van der Waals surface area contributed by atoms with Crippen molar-refractivity contribution >= 4 is 5.97 Å². The Kier molecular flexibility index (Phi) is 2.09. The molecule has 0 aromatic carbocycles. The molecule has 0 spiro atoms. The van der Waals surface area contributed by atoms with Crippen molar-refractivity contribution in [2.75, 3.05) is 0 Å². The molecule has 1 aliphatic carbocycles. The molecule has 1 saturated carbocycles. The molecule has 0 aromatic rings. The van der Waals surface area contributed by atoms with E-state index < -0.39 is 5.97 Å². The molecular formula is C6H8LiNO2. The zero-order valence-corrected chi connectivity index (χ0v) is 5.96. The first kappa shape index (κ1) is 8.13. The zero-order chi connectivity index (χ0) is 6.43. The number of carbonyl (C=O) groups is 1.